The lowest BCUT2D eigenvalue weighted by Gasteiger charge is -2.06. The van der Waals surface area contributed by atoms with Crippen molar-refractivity contribution in [2.75, 3.05) is 5.32 Å². The molecule has 0 aliphatic carbocycles. The van der Waals surface area contributed by atoms with Gasteiger partial charge in [-0.05, 0) is 22.4 Å². The van der Waals surface area contributed by atoms with Crippen LogP contribution in [-0.4, -0.2) is 20.7 Å². The van der Waals surface area contributed by atoms with Gasteiger partial charge in [-0.2, -0.15) is 0 Å². The Morgan fingerprint density at radius 2 is 2.29 bits per heavy atom. The number of carbonyl (C=O) groups excluding carboxylic acids is 1. The predicted molar refractivity (Wildman–Crippen MR) is 61.4 cm³/mol. The van der Waals surface area contributed by atoms with Crippen LogP contribution in [0.2, 0.25) is 0 Å². The van der Waals surface area contributed by atoms with Gasteiger partial charge in [0.15, 0.2) is 5.82 Å². The summed E-state index contributed by atoms with van der Waals surface area (Å²) in [6, 6.07) is 0. The van der Waals surface area contributed by atoms with Crippen LogP contribution < -0.4 is 5.32 Å². The van der Waals surface area contributed by atoms with Gasteiger partial charge < -0.3 is 5.32 Å². The third kappa shape index (κ3) is 3.34. The van der Waals surface area contributed by atoms with Gasteiger partial charge in [0.25, 0.3) is 0 Å². The van der Waals surface area contributed by atoms with Crippen LogP contribution in [0, 0.1) is 0 Å². The molecule has 1 aromatic rings. The Morgan fingerprint density at radius 3 is 2.79 bits per heavy atom. The highest BCUT2D eigenvalue weighted by Crippen LogP contribution is 2.10. The van der Waals surface area contributed by atoms with E-state index in [0.29, 0.717) is 10.4 Å². The molecule has 0 fully saturated rings. The van der Waals surface area contributed by atoms with Crippen molar-refractivity contribution in [3.63, 3.8) is 0 Å². The lowest BCUT2D eigenvalue weighted by atomic mass is 10.3. The van der Waals surface area contributed by atoms with E-state index < -0.39 is 0 Å². The number of hydrogen-bond acceptors (Lipinski definition) is 3. The summed E-state index contributed by atoms with van der Waals surface area (Å²) in [6.07, 6.45) is 3.76. The van der Waals surface area contributed by atoms with E-state index in [1.165, 1.54) is 12.4 Å². The zero-order chi connectivity index (χ0) is 10.6. The second-order valence-electron chi connectivity index (χ2n) is 2.59. The smallest absolute Gasteiger partial charge is 0.239 e. The van der Waals surface area contributed by atoms with Crippen molar-refractivity contribution in [2.24, 2.45) is 0 Å². The summed E-state index contributed by atoms with van der Waals surface area (Å²) in [5, 5.41) is 2.64. The van der Waals surface area contributed by atoms with Crippen LogP contribution in [0.1, 0.15) is 13.3 Å². The highest BCUT2D eigenvalue weighted by atomic mass is 79.9. The molecule has 4 nitrogen and oxygen atoms in total. The van der Waals surface area contributed by atoms with Gasteiger partial charge in [-0.3, -0.25) is 4.79 Å². The summed E-state index contributed by atoms with van der Waals surface area (Å²) in [5.74, 6) is 0.347. The highest BCUT2D eigenvalue weighted by Gasteiger charge is 2.12. The molecule has 0 saturated carbocycles. The molecule has 1 atom stereocenters. The molecule has 0 spiro atoms. The zero-order valence-corrected chi connectivity index (χ0v) is 10.7. The molecule has 0 saturated heterocycles. The van der Waals surface area contributed by atoms with Crippen molar-refractivity contribution < 1.29 is 4.79 Å². The molecular formula is C8H9Br2N3O. The van der Waals surface area contributed by atoms with Crippen LogP contribution in [0.3, 0.4) is 0 Å². The summed E-state index contributed by atoms with van der Waals surface area (Å²) >= 11 is 6.40. The van der Waals surface area contributed by atoms with E-state index in [-0.39, 0.29) is 10.7 Å². The lowest BCUT2D eigenvalue weighted by molar-refractivity contribution is -0.115. The average molecular weight is 323 g/mol. The lowest BCUT2D eigenvalue weighted by Crippen LogP contribution is -2.22. The van der Waals surface area contributed by atoms with Gasteiger partial charge >= 0.3 is 0 Å². The summed E-state index contributed by atoms with van der Waals surface area (Å²) in [4.78, 5) is 19.1. The molecule has 1 aromatic heterocycles. The number of nitrogens with one attached hydrogen (secondary N) is 1. The van der Waals surface area contributed by atoms with Crippen molar-refractivity contribution in [3.8, 4) is 0 Å². The van der Waals surface area contributed by atoms with E-state index in [4.69, 9.17) is 0 Å². The van der Waals surface area contributed by atoms with E-state index in [1.54, 1.807) is 0 Å². The minimum atomic E-state index is -0.187. The number of aromatic nitrogens is 2. The van der Waals surface area contributed by atoms with Crippen molar-refractivity contribution >= 4 is 43.6 Å². The van der Waals surface area contributed by atoms with Crippen LogP contribution in [-0.2, 0) is 4.79 Å². The molecule has 0 aliphatic rings. The number of carbonyl (C=O) groups is 1. The number of rotatable bonds is 3. The van der Waals surface area contributed by atoms with Gasteiger partial charge in [-0.15, -0.1) is 0 Å². The maximum absolute atomic E-state index is 11.4. The SMILES string of the molecule is CCC(Br)C(=O)Nc1cnc(Br)cn1. The molecule has 1 unspecified atom stereocenters. The Morgan fingerprint density at radius 1 is 1.57 bits per heavy atom. The second-order valence-corrected chi connectivity index (χ2v) is 4.51. The van der Waals surface area contributed by atoms with Gasteiger partial charge in [-0.25, -0.2) is 9.97 Å². The van der Waals surface area contributed by atoms with Crippen molar-refractivity contribution in [1.82, 2.24) is 9.97 Å². The molecule has 1 rings (SSSR count). The molecule has 0 aromatic carbocycles. The van der Waals surface area contributed by atoms with Crippen LogP contribution in [0.15, 0.2) is 17.0 Å². The number of hydrogen-bond donors (Lipinski definition) is 1. The Labute approximate surface area is 98.8 Å². The fraction of sp³-hybridized carbons (Fsp3) is 0.375. The Balaban J connectivity index is 2.60. The van der Waals surface area contributed by atoms with Gasteiger partial charge in [0.1, 0.15) is 4.60 Å². The Kier molecular flexibility index (Phi) is 4.47. The first-order valence-electron chi connectivity index (χ1n) is 4.06. The highest BCUT2D eigenvalue weighted by molar-refractivity contribution is 9.10. The minimum Gasteiger partial charge on any atom is -0.308 e. The number of nitrogens with zero attached hydrogens (tertiary/aromatic N) is 2. The maximum Gasteiger partial charge on any atom is 0.239 e. The molecule has 0 radical (unpaired) electrons. The molecule has 0 bridgehead atoms. The van der Waals surface area contributed by atoms with E-state index in [2.05, 4.69) is 47.1 Å². The number of halogens is 2. The monoisotopic (exact) mass is 321 g/mol. The van der Waals surface area contributed by atoms with Crippen LogP contribution in [0.25, 0.3) is 0 Å². The van der Waals surface area contributed by atoms with Crippen molar-refractivity contribution in [2.45, 2.75) is 18.2 Å². The Bertz CT molecular complexity index is 315. The molecular weight excluding hydrogens is 314 g/mol. The van der Waals surface area contributed by atoms with E-state index in [1.807, 2.05) is 6.92 Å². The third-order valence-corrected chi connectivity index (χ3v) is 2.99. The topological polar surface area (TPSA) is 54.9 Å². The van der Waals surface area contributed by atoms with Gasteiger partial charge in [0.2, 0.25) is 5.91 Å². The molecule has 0 aliphatic heterocycles. The molecule has 1 heterocycles. The normalized spacial score (nSPS) is 12.2. The summed E-state index contributed by atoms with van der Waals surface area (Å²) in [5.41, 5.74) is 0. The number of amides is 1. The number of alkyl halides is 1. The maximum atomic E-state index is 11.4. The van der Waals surface area contributed by atoms with Gasteiger partial charge in [-0.1, -0.05) is 22.9 Å². The molecule has 1 N–H and O–H groups in total. The molecule has 1 amide bonds. The van der Waals surface area contributed by atoms with E-state index in [0.717, 1.165) is 6.42 Å². The fourth-order valence-corrected chi connectivity index (χ4v) is 1.09. The molecule has 14 heavy (non-hydrogen) atoms. The van der Waals surface area contributed by atoms with Crippen molar-refractivity contribution in [3.05, 3.63) is 17.0 Å². The first-order chi connectivity index (χ1) is 6.63. The minimum absolute atomic E-state index is 0.107. The average Bonchev–Trinajstić information content (AvgIpc) is 2.20. The first-order valence-corrected chi connectivity index (χ1v) is 5.76. The third-order valence-electron chi connectivity index (χ3n) is 1.51. The van der Waals surface area contributed by atoms with Crippen LogP contribution in [0.5, 0.6) is 0 Å². The van der Waals surface area contributed by atoms with E-state index >= 15 is 0 Å². The molecule has 6 heteroatoms. The summed E-state index contributed by atoms with van der Waals surface area (Å²) in [7, 11) is 0. The zero-order valence-electron chi connectivity index (χ0n) is 7.50. The van der Waals surface area contributed by atoms with Crippen LogP contribution >= 0.6 is 31.9 Å². The van der Waals surface area contributed by atoms with Gasteiger partial charge in [0.05, 0.1) is 17.2 Å². The number of anilines is 1. The van der Waals surface area contributed by atoms with Crippen molar-refractivity contribution in [1.29, 1.82) is 0 Å². The van der Waals surface area contributed by atoms with Gasteiger partial charge in [0, 0.05) is 0 Å². The first kappa shape index (κ1) is 11.6. The summed E-state index contributed by atoms with van der Waals surface area (Å²) in [6.45, 7) is 1.92. The van der Waals surface area contributed by atoms with Crippen LogP contribution in [0.4, 0.5) is 5.82 Å². The molecule has 76 valence electrons. The fourth-order valence-electron chi connectivity index (χ4n) is 0.767. The quantitative estimate of drug-likeness (QED) is 0.869. The van der Waals surface area contributed by atoms with E-state index in [9.17, 15) is 4.79 Å². The second kappa shape index (κ2) is 5.41. The largest absolute Gasteiger partial charge is 0.308 e. The summed E-state index contributed by atoms with van der Waals surface area (Å²) < 4.78 is 0.640. The predicted octanol–water partition coefficient (Wildman–Crippen LogP) is 2.35. The Hall–Kier alpha value is -0.490. The standard InChI is InChI=1S/C8H9Br2N3O/c1-2-5(9)8(14)13-7-4-11-6(10)3-12-7/h3-5H,2H2,1H3,(H,12,13,14).